The highest BCUT2D eigenvalue weighted by Crippen LogP contribution is 2.20. The second-order valence-corrected chi connectivity index (χ2v) is 5.08. The minimum atomic E-state index is 0.143. The molecular formula is C13H25N3O2. The summed E-state index contributed by atoms with van der Waals surface area (Å²) in [6, 6.07) is 0.284. The maximum absolute atomic E-state index is 9.18. The molecule has 18 heavy (non-hydrogen) atoms. The Morgan fingerprint density at radius 3 is 2.56 bits per heavy atom. The molecule has 5 heteroatoms. The minimum absolute atomic E-state index is 0.143. The molecule has 2 aliphatic rings. The van der Waals surface area contributed by atoms with E-state index in [1.807, 2.05) is 0 Å². The summed E-state index contributed by atoms with van der Waals surface area (Å²) in [5.41, 5.74) is 0. The first-order chi connectivity index (χ1) is 8.86. The van der Waals surface area contributed by atoms with Crippen LogP contribution in [-0.4, -0.2) is 77.8 Å². The highest BCUT2D eigenvalue weighted by molar-refractivity contribution is 5.88. The van der Waals surface area contributed by atoms with Crippen LogP contribution < -0.4 is 0 Å². The average molecular weight is 255 g/mol. The zero-order chi connectivity index (χ0) is 12.8. The van der Waals surface area contributed by atoms with Crippen molar-refractivity contribution in [2.75, 3.05) is 45.9 Å². The SMILES string of the molecule is OCCN(CCO)C1CCCCN2CCCN=C12. The lowest BCUT2D eigenvalue weighted by Crippen LogP contribution is -2.51. The molecule has 0 aliphatic carbocycles. The Bertz CT molecular complexity index is 277. The molecule has 2 heterocycles. The molecule has 0 aromatic rings. The lowest BCUT2D eigenvalue weighted by molar-refractivity contribution is 0.137. The number of hydrogen-bond donors (Lipinski definition) is 2. The molecule has 0 radical (unpaired) electrons. The van der Waals surface area contributed by atoms with Crippen LogP contribution in [0.25, 0.3) is 0 Å². The third kappa shape index (κ3) is 3.22. The van der Waals surface area contributed by atoms with Crippen LogP contribution in [0.3, 0.4) is 0 Å². The first-order valence-corrected chi connectivity index (χ1v) is 7.12. The maximum atomic E-state index is 9.18. The van der Waals surface area contributed by atoms with E-state index < -0.39 is 0 Å². The summed E-state index contributed by atoms with van der Waals surface area (Å²) >= 11 is 0. The van der Waals surface area contributed by atoms with Crippen molar-refractivity contribution in [3.8, 4) is 0 Å². The Morgan fingerprint density at radius 1 is 1.11 bits per heavy atom. The van der Waals surface area contributed by atoms with E-state index in [1.165, 1.54) is 18.7 Å². The topological polar surface area (TPSA) is 59.3 Å². The summed E-state index contributed by atoms with van der Waals surface area (Å²) in [7, 11) is 0. The van der Waals surface area contributed by atoms with Gasteiger partial charge in [0.2, 0.25) is 0 Å². The fourth-order valence-corrected chi connectivity index (χ4v) is 3.01. The number of amidine groups is 1. The molecule has 1 saturated heterocycles. The van der Waals surface area contributed by atoms with Crippen molar-refractivity contribution < 1.29 is 10.2 Å². The number of rotatable bonds is 5. The molecule has 5 nitrogen and oxygen atoms in total. The number of hydrogen-bond acceptors (Lipinski definition) is 5. The van der Waals surface area contributed by atoms with Gasteiger partial charge in [0.15, 0.2) is 0 Å². The molecule has 1 fully saturated rings. The van der Waals surface area contributed by atoms with Crippen LogP contribution in [0.4, 0.5) is 0 Å². The molecule has 0 amide bonds. The van der Waals surface area contributed by atoms with Crippen LogP contribution in [0.1, 0.15) is 25.7 Å². The Hall–Kier alpha value is -0.650. The predicted molar refractivity (Wildman–Crippen MR) is 71.9 cm³/mol. The number of aliphatic imine (C=N–C) groups is 1. The third-order valence-electron chi connectivity index (χ3n) is 3.85. The van der Waals surface area contributed by atoms with Crippen LogP contribution in [0.2, 0.25) is 0 Å². The van der Waals surface area contributed by atoms with Gasteiger partial charge in [-0.05, 0) is 25.7 Å². The van der Waals surface area contributed by atoms with Gasteiger partial charge in [0.05, 0.1) is 19.3 Å². The standard InChI is InChI=1S/C13H25N3O2/c17-10-8-15(9-11-18)12-4-1-2-6-16-7-3-5-14-13(12)16/h12,17-18H,1-11H2. The molecule has 104 valence electrons. The number of aliphatic hydroxyl groups is 2. The third-order valence-corrected chi connectivity index (χ3v) is 3.85. The van der Waals surface area contributed by atoms with Gasteiger partial charge in [-0.2, -0.15) is 0 Å². The molecule has 2 aliphatic heterocycles. The van der Waals surface area contributed by atoms with E-state index in [1.54, 1.807) is 0 Å². The number of aliphatic hydroxyl groups excluding tert-OH is 2. The van der Waals surface area contributed by atoms with Gasteiger partial charge in [0.25, 0.3) is 0 Å². The fraction of sp³-hybridized carbons (Fsp3) is 0.923. The van der Waals surface area contributed by atoms with E-state index in [0.29, 0.717) is 13.1 Å². The van der Waals surface area contributed by atoms with Crippen LogP contribution in [0.15, 0.2) is 4.99 Å². The summed E-state index contributed by atoms with van der Waals surface area (Å²) in [5.74, 6) is 1.20. The Morgan fingerprint density at radius 2 is 1.83 bits per heavy atom. The van der Waals surface area contributed by atoms with Gasteiger partial charge in [-0.25, -0.2) is 0 Å². The number of fused-ring (bicyclic) bond motifs is 1. The molecule has 0 spiro atoms. The second-order valence-electron chi connectivity index (χ2n) is 5.08. The monoisotopic (exact) mass is 255 g/mol. The quantitative estimate of drug-likeness (QED) is 0.722. The van der Waals surface area contributed by atoms with Crippen molar-refractivity contribution in [1.29, 1.82) is 0 Å². The highest BCUT2D eigenvalue weighted by Gasteiger charge is 2.30. The molecule has 0 saturated carbocycles. The second kappa shape index (κ2) is 7.07. The molecule has 0 aromatic heterocycles. The van der Waals surface area contributed by atoms with Crippen LogP contribution in [0, 0.1) is 0 Å². The van der Waals surface area contributed by atoms with E-state index in [2.05, 4.69) is 9.80 Å². The Kier molecular flexibility index (Phi) is 5.41. The van der Waals surface area contributed by atoms with Gasteiger partial charge < -0.3 is 15.1 Å². The van der Waals surface area contributed by atoms with E-state index in [0.717, 1.165) is 32.5 Å². The van der Waals surface area contributed by atoms with Crippen molar-refractivity contribution >= 4 is 5.84 Å². The molecule has 0 bridgehead atoms. The van der Waals surface area contributed by atoms with Crippen molar-refractivity contribution in [3.63, 3.8) is 0 Å². The molecule has 2 N–H and O–H groups in total. The van der Waals surface area contributed by atoms with Crippen molar-refractivity contribution in [3.05, 3.63) is 0 Å². The Labute approximate surface area is 109 Å². The lowest BCUT2D eigenvalue weighted by Gasteiger charge is -2.37. The van der Waals surface area contributed by atoms with Crippen LogP contribution >= 0.6 is 0 Å². The van der Waals surface area contributed by atoms with Crippen LogP contribution in [0.5, 0.6) is 0 Å². The molecule has 2 rings (SSSR count). The van der Waals surface area contributed by atoms with Gasteiger partial charge in [-0.15, -0.1) is 0 Å². The largest absolute Gasteiger partial charge is 0.395 e. The van der Waals surface area contributed by atoms with Crippen molar-refractivity contribution in [2.24, 2.45) is 4.99 Å². The zero-order valence-corrected chi connectivity index (χ0v) is 11.1. The summed E-state index contributed by atoms with van der Waals surface area (Å²) in [4.78, 5) is 9.30. The van der Waals surface area contributed by atoms with E-state index in [-0.39, 0.29) is 19.3 Å². The summed E-state index contributed by atoms with van der Waals surface area (Å²) < 4.78 is 0. The summed E-state index contributed by atoms with van der Waals surface area (Å²) in [6.07, 6.45) is 4.67. The van der Waals surface area contributed by atoms with Crippen molar-refractivity contribution in [1.82, 2.24) is 9.80 Å². The molecular weight excluding hydrogens is 230 g/mol. The van der Waals surface area contributed by atoms with Gasteiger partial charge in [0.1, 0.15) is 5.84 Å². The zero-order valence-electron chi connectivity index (χ0n) is 11.1. The fourth-order valence-electron chi connectivity index (χ4n) is 3.01. The van der Waals surface area contributed by atoms with Gasteiger partial charge in [-0.1, -0.05) is 0 Å². The molecule has 0 aromatic carbocycles. The first kappa shape index (κ1) is 13.8. The molecule has 1 atom stereocenters. The number of nitrogens with zero attached hydrogens (tertiary/aromatic N) is 3. The van der Waals surface area contributed by atoms with E-state index >= 15 is 0 Å². The lowest BCUT2D eigenvalue weighted by atomic mass is 10.1. The predicted octanol–water partition coefficient (Wildman–Crippen LogP) is -0.0703. The van der Waals surface area contributed by atoms with Gasteiger partial charge in [0, 0.05) is 32.7 Å². The van der Waals surface area contributed by atoms with Gasteiger partial charge >= 0.3 is 0 Å². The average Bonchev–Trinajstić information content (AvgIpc) is 2.61. The van der Waals surface area contributed by atoms with Gasteiger partial charge in [-0.3, -0.25) is 9.89 Å². The summed E-state index contributed by atoms with van der Waals surface area (Å²) in [5, 5.41) is 18.4. The summed E-state index contributed by atoms with van der Waals surface area (Å²) in [6.45, 7) is 4.68. The van der Waals surface area contributed by atoms with Crippen molar-refractivity contribution in [2.45, 2.75) is 31.7 Å². The maximum Gasteiger partial charge on any atom is 0.116 e. The molecule has 1 unspecified atom stereocenters. The first-order valence-electron chi connectivity index (χ1n) is 7.12. The van der Waals surface area contributed by atoms with E-state index in [4.69, 9.17) is 4.99 Å². The highest BCUT2D eigenvalue weighted by atomic mass is 16.3. The van der Waals surface area contributed by atoms with Crippen LogP contribution in [-0.2, 0) is 0 Å². The minimum Gasteiger partial charge on any atom is -0.395 e. The normalized spacial score (nSPS) is 24.7. The Balaban J connectivity index is 2.13. The van der Waals surface area contributed by atoms with E-state index in [9.17, 15) is 10.2 Å². The smallest absolute Gasteiger partial charge is 0.116 e.